The van der Waals surface area contributed by atoms with Gasteiger partial charge in [0.25, 0.3) is 5.91 Å². The Balaban J connectivity index is 1.23. The molecule has 1 aliphatic heterocycles. The minimum absolute atomic E-state index is 0.146. The second-order valence-corrected chi connectivity index (χ2v) is 7.90. The van der Waals surface area contributed by atoms with Crippen LogP contribution in [-0.4, -0.2) is 51.3 Å². The van der Waals surface area contributed by atoms with Crippen LogP contribution in [0.2, 0.25) is 0 Å². The van der Waals surface area contributed by atoms with E-state index in [1.54, 1.807) is 10.9 Å². The van der Waals surface area contributed by atoms with Crippen LogP contribution in [0.25, 0.3) is 0 Å². The summed E-state index contributed by atoms with van der Waals surface area (Å²) in [5, 5.41) is 11.0. The molecule has 3 fully saturated rings. The van der Waals surface area contributed by atoms with Gasteiger partial charge in [-0.2, -0.15) is 0 Å². The molecule has 7 heteroatoms. The molecule has 0 radical (unpaired) electrons. The van der Waals surface area contributed by atoms with Crippen LogP contribution in [0, 0.1) is 11.8 Å². The maximum Gasteiger partial charge on any atom is 0.273 e. The first-order valence-corrected chi connectivity index (χ1v) is 9.67. The average molecular weight is 345 g/mol. The summed E-state index contributed by atoms with van der Waals surface area (Å²) < 4.78 is 1.73. The van der Waals surface area contributed by atoms with Crippen LogP contribution in [0.4, 0.5) is 0 Å². The van der Waals surface area contributed by atoms with Crippen LogP contribution in [-0.2, 0) is 4.79 Å². The lowest BCUT2D eigenvalue weighted by molar-refractivity contribution is -0.138. The number of nitrogens with one attached hydrogen (secondary N) is 1. The summed E-state index contributed by atoms with van der Waals surface area (Å²) in [5.41, 5.74) is 0.368. The third kappa shape index (κ3) is 4.02. The fourth-order valence-electron chi connectivity index (χ4n) is 3.80. The first kappa shape index (κ1) is 16.5. The van der Waals surface area contributed by atoms with E-state index in [1.165, 1.54) is 44.9 Å². The van der Waals surface area contributed by atoms with E-state index in [2.05, 4.69) is 15.6 Å². The van der Waals surface area contributed by atoms with Gasteiger partial charge in [0.2, 0.25) is 5.91 Å². The Bertz CT molecular complexity index is 627. The highest BCUT2D eigenvalue weighted by atomic mass is 16.2. The highest BCUT2D eigenvalue weighted by Crippen LogP contribution is 2.29. The fraction of sp³-hybridized carbons (Fsp3) is 0.778. The van der Waals surface area contributed by atoms with E-state index in [0.29, 0.717) is 37.0 Å². The molecular weight excluding hydrogens is 318 g/mol. The molecule has 2 aliphatic carbocycles. The lowest BCUT2D eigenvalue weighted by atomic mass is 9.86. The molecule has 3 aliphatic rings. The number of likely N-dealkylation sites (tertiary alicyclic amines) is 1. The molecule has 25 heavy (non-hydrogen) atoms. The van der Waals surface area contributed by atoms with Crippen molar-refractivity contribution < 1.29 is 9.59 Å². The quantitative estimate of drug-likeness (QED) is 0.852. The van der Waals surface area contributed by atoms with E-state index >= 15 is 0 Å². The van der Waals surface area contributed by atoms with E-state index in [-0.39, 0.29) is 17.9 Å². The van der Waals surface area contributed by atoms with Gasteiger partial charge in [0.1, 0.15) is 0 Å². The average Bonchev–Trinajstić information content (AvgIpc) is 3.28. The van der Waals surface area contributed by atoms with Crippen molar-refractivity contribution in [1.82, 2.24) is 25.2 Å². The third-order valence-electron chi connectivity index (χ3n) is 5.77. The monoisotopic (exact) mass is 345 g/mol. The molecule has 2 amide bonds. The largest absolute Gasteiger partial charge is 0.350 e. The van der Waals surface area contributed by atoms with Gasteiger partial charge in [-0.3, -0.25) is 9.59 Å². The Morgan fingerprint density at radius 2 is 1.84 bits per heavy atom. The summed E-state index contributed by atoms with van der Waals surface area (Å²) in [5.74, 6) is 1.34. The fourth-order valence-corrected chi connectivity index (χ4v) is 3.80. The molecular formula is C18H27N5O2. The number of aromatic nitrogens is 3. The summed E-state index contributed by atoms with van der Waals surface area (Å²) in [6, 6.07) is 0.146. The normalized spacial score (nSPS) is 21.8. The molecule has 1 aromatic heterocycles. The van der Waals surface area contributed by atoms with Crippen LogP contribution in [0.1, 0.15) is 67.9 Å². The van der Waals surface area contributed by atoms with Gasteiger partial charge >= 0.3 is 0 Å². The van der Waals surface area contributed by atoms with Crippen LogP contribution in [0.5, 0.6) is 0 Å². The number of carbonyl (C=O) groups excluding carboxylic acids is 2. The SMILES string of the molecule is O=C(NCC1CC1)c1cn(C2CN(C(=O)CC3CCCCC3)C2)nn1. The first-order valence-electron chi connectivity index (χ1n) is 9.67. The predicted octanol–water partition coefficient (Wildman–Crippen LogP) is 1.77. The molecule has 2 heterocycles. The highest BCUT2D eigenvalue weighted by Gasteiger charge is 2.34. The molecule has 0 aromatic carbocycles. The van der Waals surface area contributed by atoms with Gasteiger partial charge in [0.05, 0.1) is 12.2 Å². The zero-order chi connectivity index (χ0) is 17.2. The summed E-state index contributed by atoms with van der Waals surface area (Å²) in [4.78, 5) is 26.3. The molecule has 136 valence electrons. The summed E-state index contributed by atoms with van der Waals surface area (Å²) in [6.45, 7) is 2.09. The van der Waals surface area contributed by atoms with Gasteiger partial charge in [-0.05, 0) is 37.5 Å². The lowest BCUT2D eigenvalue weighted by Crippen LogP contribution is -2.51. The molecule has 2 saturated carbocycles. The Labute approximate surface area is 148 Å². The molecule has 1 aromatic rings. The van der Waals surface area contributed by atoms with Gasteiger partial charge in [0.15, 0.2) is 5.69 Å². The maximum absolute atomic E-state index is 12.4. The molecule has 4 rings (SSSR count). The van der Waals surface area contributed by atoms with Crippen molar-refractivity contribution >= 4 is 11.8 Å². The maximum atomic E-state index is 12.4. The van der Waals surface area contributed by atoms with Crippen LogP contribution in [0.3, 0.4) is 0 Å². The van der Waals surface area contributed by atoms with Gasteiger partial charge in [-0.15, -0.1) is 5.10 Å². The van der Waals surface area contributed by atoms with Crippen molar-refractivity contribution in [3.05, 3.63) is 11.9 Å². The van der Waals surface area contributed by atoms with Crippen LogP contribution in [0.15, 0.2) is 6.20 Å². The molecule has 1 N–H and O–H groups in total. The van der Waals surface area contributed by atoms with Crippen molar-refractivity contribution in [2.75, 3.05) is 19.6 Å². The van der Waals surface area contributed by atoms with Gasteiger partial charge < -0.3 is 10.2 Å². The van der Waals surface area contributed by atoms with Crippen molar-refractivity contribution in [2.24, 2.45) is 11.8 Å². The topological polar surface area (TPSA) is 80.1 Å². The van der Waals surface area contributed by atoms with Crippen molar-refractivity contribution in [3.63, 3.8) is 0 Å². The number of hydrogen-bond acceptors (Lipinski definition) is 4. The zero-order valence-electron chi connectivity index (χ0n) is 14.7. The van der Waals surface area contributed by atoms with Crippen molar-refractivity contribution in [2.45, 2.75) is 57.4 Å². The number of amides is 2. The van der Waals surface area contributed by atoms with Gasteiger partial charge in [0, 0.05) is 26.1 Å². The molecule has 0 unspecified atom stereocenters. The molecule has 7 nitrogen and oxygen atoms in total. The van der Waals surface area contributed by atoms with Gasteiger partial charge in [-0.1, -0.05) is 24.5 Å². The number of rotatable bonds is 6. The second kappa shape index (κ2) is 7.14. The van der Waals surface area contributed by atoms with Gasteiger partial charge in [-0.25, -0.2) is 4.68 Å². The number of hydrogen-bond donors (Lipinski definition) is 1. The number of nitrogens with zero attached hydrogens (tertiary/aromatic N) is 4. The lowest BCUT2D eigenvalue weighted by Gasteiger charge is -2.39. The Kier molecular flexibility index (Phi) is 4.72. The van der Waals surface area contributed by atoms with Crippen LogP contribution < -0.4 is 5.32 Å². The predicted molar refractivity (Wildman–Crippen MR) is 91.9 cm³/mol. The minimum atomic E-state index is -0.150. The summed E-state index contributed by atoms with van der Waals surface area (Å²) >= 11 is 0. The highest BCUT2D eigenvalue weighted by molar-refractivity contribution is 5.91. The van der Waals surface area contributed by atoms with E-state index in [0.717, 1.165) is 6.54 Å². The molecule has 0 bridgehead atoms. The first-order chi connectivity index (χ1) is 12.2. The number of carbonyl (C=O) groups is 2. The van der Waals surface area contributed by atoms with Crippen molar-refractivity contribution in [3.8, 4) is 0 Å². The minimum Gasteiger partial charge on any atom is -0.350 e. The van der Waals surface area contributed by atoms with E-state index in [9.17, 15) is 9.59 Å². The molecule has 0 atom stereocenters. The third-order valence-corrected chi connectivity index (χ3v) is 5.77. The van der Waals surface area contributed by atoms with E-state index in [1.807, 2.05) is 4.90 Å². The molecule has 1 saturated heterocycles. The Hall–Kier alpha value is -1.92. The van der Waals surface area contributed by atoms with E-state index in [4.69, 9.17) is 0 Å². The van der Waals surface area contributed by atoms with E-state index < -0.39 is 0 Å². The van der Waals surface area contributed by atoms with Crippen molar-refractivity contribution in [1.29, 1.82) is 0 Å². The smallest absolute Gasteiger partial charge is 0.273 e. The Morgan fingerprint density at radius 3 is 2.56 bits per heavy atom. The zero-order valence-corrected chi connectivity index (χ0v) is 14.7. The summed E-state index contributed by atoms with van der Waals surface area (Å²) in [6.07, 6.45) is 11.1. The summed E-state index contributed by atoms with van der Waals surface area (Å²) in [7, 11) is 0. The Morgan fingerprint density at radius 1 is 1.08 bits per heavy atom. The molecule has 0 spiro atoms. The standard InChI is InChI=1S/C18H27N5O2/c24-17(8-13-4-2-1-3-5-13)22-10-15(11-22)23-12-16(20-21-23)18(25)19-9-14-6-7-14/h12-15H,1-11H2,(H,19,25). The van der Waals surface area contributed by atoms with Crippen LogP contribution >= 0.6 is 0 Å². The second-order valence-electron chi connectivity index (χ2n) is 7.90.